The Kier molecular flexibility index (Phi) is 5.77. The highest BCUT2D eigenvalue weighted by Crippen LogP contribution is 2.14. The van der Waals surface area contributed by atoms with Crippen LogP contribution in [0.25, 0.3) is 0 Å². The van der Waals surface area contributed by atoms with E-state index in [0.29, 0.717) is 0 Å². The van der Waals surface area contributed by atoms with Crippen molar-refractivity contribution in [1.29, 1.82) is 0 Å². The summed E-state index contributed by atoms with van der Waals surface area (Å²) in [5.74, 6) is 0. The van der Waals surface area contributed by atoms with E-state index in [-0.39, 0.29) is 0 Å². The Morgan fingerprint density at radius 2 is 1.80 bits per heavy atom. The number of likely N-dealkylation sites (N-methyl/N-ethyl adjacent to an activating group) is 1. The molecule has 0 aliphatic carbocycles. The first-order valence-electron chi connectivity index (χ1n) is 7.13. The van der Waals surface area contributed by atoms with Crippen LogP contribution in [0.5, 0.6) is 0 Å². The fraction of sp³-hybridized carbons (Fsp3) is 0.412. The number of benzene rings is 1. The first-order valence-corrected chi connectivity index (χ1v) is 7.95. The van der Waals surface area contributed by atoms with Crippen LogP contribution in [0.1, 0.15) is 20.9 Å². The molecule has 2 nitrogen and oxygen atoms in total. The van der Waals surface area contributed by atoms with Crippen LogP contribution in [-0.2, 0) is 13.1 Å². The standard InChI is InChI=1S/C17H24N2S/c1-14-4-7-16(8-5-14)13-19(3)11-10-18-12-17-9-6-15(2)20-17/h4-9,18H,10-13H2,1-3H3. The lowest BCUT2D eigenvalue weighted by atomic mass is 10.1. The molecule has 2 aromatic rings. The van der Waals surface area contributed by atoms with Gasteiger partial charge in [-0.1, -0.05) is 29.8 Å². The van der Waals surface area contributed by atoms with Crippen LogP contribution in [-0.4, -0.2) is 25.0 Å². The minimum Gasteiger partial charge on any atom is -0.311 e. The molecule has 0 atom stereocenters. The van der Waals surface area contributed by atoms with Gasteiger partial charge in [-0.2, -0.15) is 0 Å². The Balaban J connectivity index is 1.65. The van der Waals surface area contributed by atoms with Crippen molar-refractivity contribution in [2.45, 2.75) is 26.9 Å². The summed E-state index contributed by atoms with van der Waals surface area (Å²) >= 11 is 1.87. The van der Waals surface area contributed by atoms with Crippen LogP contribution in [0.2, 0.25) is 0 Å². The molecule has 0 spiro atoms. The Labute approximate surface area is 126 Å². The van der Waals surface area contributed by atoms with Gasteiger partial charge in [-0.05, 0) is 38.6 Å². The number of hydrogen-bond donors (Lipinski definition) is 1. The van der Waals surface area contributed by atoms with Crippen molar-refractivity contribution >= 4 is 11.3 Å². The van der Waals surface area contributed by atoms with Gasteiger partial charge in [0.15, 0.2) is 0 Å². The van der Waals surface area contributed by atoms with Crippen molar-refractivity contribution in [3.8, 4) is 0 Å². The van der Waals surface area contributed by atoms with Gasteiger partial charge in [0.25, 0.3) is 0 Å². The minimum atomic E-state index is 0.983. The molecule has 3 heteroatoms. The summed E-state index contributed by atoms with van der Waals surface area (Å²) < 4.78 is 0. The van der Waals surface area contributed by atoms with E-state index >= 15 is 0 Å². The Hall–Kier alpha value is -1.16. The average molecular weight is 288 g/mol. The van der Waals surface area contributed by atoms with E-state index < -0.39 is 0 Å². The van der Waals surface area contributed by atoms with Gasteiger partial charge in [-0.25, -0.2) is 0 Å². The molecule has 0 aliphatic heterocycles. The maximum absolute atomic E-state index is 3.51. The summed E-state index contributed by atoms with van der Waals surface area (Å²) in [4.78, 5) is 5.17. The summed E-state index contributed by atoms with van der Waals surface area (Å²) in [6.07, 6.45) is 0. The van der Waals surface area contributed by atoms with Crippen LogP contribution in [0.3, 0.4) is 0 Å². The van der Waals surface area contributed by atoms with Crippen molar-refractivity contribution in [2.75, 3.05) is 20.1 Å². The maximum Gasteiger partial charge on any atom is 0.0300 e. The molecule has 0 fully saturated rings. The zero-order valence-corrected chi connectivity index (χ0v) is 13.5. The van der Waals surface area contributed by atoms with Crippen molar-refractivity contribution in [3.63, 3.8) is 0 Å². The Morgan fingerprint density at radius 3 is 2.45 bits per heavy atom. The number of thiophene rings is 1. The number of hydrogen-bond acceptors (Lipinski definition) is 3. The van der Waals surface area contributed by atoms with E-state index in [0.717, 1.165) is 26.2 Å². The summed E-state index contributed by atoms with van der Waals surface area (Å²) in [7, 11) is 2.18. The predicted octanol–water partition coefficient (Wildman–Crippen LogP) is 3.59. The zero-order valence-electron chi connectivity index (χ0n) is 12.6. The molecular formula is C17H24N2S. The van der Waals surface area contributed by atoms with E-state index in [1.54, 1.807) is 0 Å². The maximum atomic E-state index is 3.51. The predicted molar refractivity (Wildman–Crippen MR) is 88.3 cm³/mol. The molecule has 0 saturated carbocycles. The second-order valence-corrected chi connectivity index (χ2v) is 6.78. The second kappa shape index (κ2) is 7.58. The normalized spacial score (nSPS) is 11.2. The quantitative estimate of drug-likeness (QED) is 0.783. The highest BCUT2D eigenvalue weighted by Gasteiger charge is 2.01. The van der Waals surface area contributed by atoms with Gasteiger partial charge in [-0.15, -0.1) is 11.3 Å². The van der Waals surface area contributed by atoms with Crippen LogP contribution in [0.4, 0.5) is 0 Å². The summed E-state index contributed by atoms with van der Waals surface area (Å²) in [5.41, 5.74) is 2.70. The van der Waals surface area contributed by atoms with E-state index in [9.17, 15) is 0 Å². The first-order chi connectivity index (χ1) is 9.63. The van der Waals surface area contributed by atoms with Crippen LogP contribution < -0.4 is 5.32 Å². The van der Waals surface area contributed by atoms with Gasteiger partial charge in [-0.3, -0.25) is 0 Å². The zero-order chi connectivity index (χ0) is 14.4. The van der Waals surface area contributed by atoms with Gasteiger partial charge in [0, 0.05) is 35.9 Å². The molecule has 0 saturated heterocycles. The van der Waals surface area contributed by atoms with E-state index in [1.165, 1.54) is 20.9 Å². The molecule has 0 bridgehead atoms. The molecule has 1 heterocycles. The smallest absolute Gasteiger partial charge is 0.0300 e. The second-order valence-electron chi connectivity index (χ2n) is 5.41. The first kappa shape index (κ1) is 15.2. The lowest BCUT2D eigenvalue weighted by Crippen LogP contribution is -2.28. The van der Waals surface area contributed by atoms with Gasteiger partial charge in [0.05, 0.1) is 0 Å². The van der Waals surface area contributed by atoms with Gasteiger partial charge >= 0.3 is 0 Å². The molecule has 0 radical (unpaired) electrons. The Bertz CT molecular complexity index is 516. The number of rotatable bonds is 7. The molecule has 0 unspecified atom stereocenters. The SMILES string of the molecule is Cc1ccc(CN(C)CCNCc2ccc(C)s2)cc1. The van der Waals surface area contributed by atoms with Gasteiger partial charge in [0.1, 0.15) is 0 Å². The molecule has 1 aromatic heterocycles. The topological polar surface area (TPSA) is 15.3 Å². The number of nitrogens with one attached hydrogen (secondary N) is 1. The lowest BCUT2D eigenvalue weighted by molar-refractivity contribution is 0.324. The van der Waals surface area contributed by atoms with Crippen molar-refractivity contribution in [2.24, 2.45) is 0 Å². The highest BCUT2D eigenvalue weighted by molar-refractivity contribution is 7.11. The third-order valence-electron chi connectivity index (χ3n) is 3.34. The minimum absolute atomic E-state index is 0.983. The molecule has 2 rings (SSSR count). The monoisotopic (exact) mass is 288 g/mol. The lowest BCUT2D eigenvalue weighted by Gasteiger charge is -2.17. The molecule has 20 heavy (non-hydrogen) atoms. The molecule has 1 aromatic carbocycles. The fourth-order valence-electron chi connectivity index (χ4n) is 2.15. The van der Waals surface area contributed by atoms with Crippen molar-refractivity contribution in [1.82, 2.24) is 10.2 Å². The highest BCUT2D eigenvalue weighted by atomic mass is 32.1. The van der Waals surface area contributed by atoms with E-state index in [1.807, 2.05) is 11.3 Å². The van der Waals surface area contributed by atoms with Crippen LogP contribution >= 0.6 is 11.3 Å². The van der Waals surface area contributed by atoms with Gasteiger partial charge in [0.2, 0.25) is 0 Å². The molecule has 0 aliphatic rings. The number of nitrogens with zero attached hydrogens (tertiary/aromatic N) is 1. The van der Waals surface area contributed by atoms with Crippen LogP contribution in [0, 0.1) is 13.8 Å². The van der Waals surface area contributed by atoms with E-state index in [4.69, 9.17) is 0 Å². The Morgan fingerprint density at radius 1 is 1.05 bits per heavy atom. The van der Waals surface area contributed by atoms with Crippen LogP contribution in [0.15, 0.2) is 36.4 Å². The molecule has 1 N–H and O–H groups in total. The van der Waals surface area contributed by atoms with E-state index in [2.05, 4.69) is 67.5 Å². The number of aryl methyl sites for hydroxylation is 2. The fourth-order valence-corrected chi connectivity index (χ4v) is 3.01. The summed E-state index contributed by atoms with van der Waals surface area (Å²) in [5, 5.41) is 3.51. The summed E-state index contributed by atoms with van der Waals surface area (Å²) in [6, 6.07) is 13.2. The molecular weight excluding hydrogens is 264 g/mol. The van der Waals surface area contributed by atoms with Crippen molar-refractivity contribution < 1.29 is 0 Å². The molecule has 0 amide bonds. The average Bonchev–Trinajstić information content (AvgIpc) is 2.83. The molecule has 108 valence electrons. The van der Waals surface area contributed by atoms with Crippen molar-refractivity contribution in [3.05, 3.63) is 57.3 Å². The third-order valence-corrected chi connectivity index (χ3v) is 4.34. The summed E-state index contributed by atoms with van der Waals surface area (Å²) in [6.45, 7) is 8.38. The van der Waals surface area contributed by atoms with Gasteiger partial charge < -0.3 is 10.2 Å². The third kappa shape index (κ3) is 5.08. The largest absolute Gasteiger partial charge is 0.311 e.